The van der Waals surface area contributed by atoms with Crippen molar-refractivity contribution < 1.29 is 9.47 Å². The van der Waals surface area contributed by atoms with Crippen LogP contribution in [0.2, 0.25) is 5.02 Å². The molecule has 0 amide bonds. The van der Waals surface area contributed by atoms with Crippen molar-refractivity contribution in [2.45, 2.75) is 38.5 Å². The molecular weight excluding hydrogens is 368 g/mol. The Morgan fingerprint density at radius 3 is 2.18 bits per heavy atom. The Balaban J connectivity index is 1.57. The van der Waals surface area contributed by atoms with E-state index in [1.54, 1.807) is 7.11 Å². The van der Waals surface area contributed by atoms with Gasteiger partial charge in [0.05, 0.1) is 7.11 Å². The fraction of sp³-hybridized carbons (Fsp3) is 0.280. The normalized spacial score (nSPS) is 11.3. The van der Waals surface area contributed by atoms with Crippen molar-refractivity contribution in [1.82, 2.24) is 0 Å². The van der Waals surface area contributed by atoms with Crippen molar-refractivity contribution in [2.24, 2.45) is 0 Å². The third-order valence-corrected chi connectivity index (χ3v) is 5.34. The van der Waals surface area contributed by atoms with Gasteiger partial charge in [0.2, 0.25) is 0 Å². The first-order chi connectivity index (χ1) is 13.5. The predicted molar refractivity (Wildman–Crippen MR) is 117 cm³/mol. The van der Waals surface area contributed by atoms with Crippen molar-refractivity contribution in [2.75, 3.05) is 7.11 Å². The van der Waals surface area contributed by atoms with Crippen LogP contribution in [0.4, 0.5) is 0 Å². The van der Waals surface area contributed by atoms with Gasteiger partial charge in [0.1, 0.15) is 17.2 Å². The summed E-state index contributed by atoms with van der Waals surface area (Å²) in [6.07, 6.45) is 3.25. The number of aryl methyl sites for hydroxylation is 1. The van der Waals surface area contributed by atoms with Gasteiger partial charge in [-0.1, -0.05) is 49.7 Å². The first kappa shape index (κ1) is 20.3. The Kier molecular flexibility index (Phi) is 6.64. The van der Waals surface area contributed by atoms with Crippen molar-refractivity contribution in [3.63, 3.8) is 0 Å². The molecule has 0 aliphatic carbocycles. The standard InChI is InChI=1S/C25H27ClO2/c1-25(2,20-9-11-21(26)12-10-20)17-5-7-19-6-4-8-24(18-19)28-23-15-13-22(27-3)14-16-23/h4,6,8-16,18H,5,7,17H2,1-3H3. The van der Waals surface area contributed by atoms with Gasteiger partial charge < -0.3 is 9.47 Å². The Morgan fingerprint density at radius 2 is 1.50 bits per heavy atom. The molecule has 0 N–H and O–H groups in total. The van der Waals surface area contributed by atoms with Crippen LogP contribution in [0.1, 0.15) is 37.8 Å². The molecule has 0 saturated heterocycles. The Labute approximate surface area is 173 Å². The number of hydrogen-bond acceptors (Lipinski definition) is 2. The second-order valence-electron chi connectivity index (χ2n) is 7.67. The van der Waals surface area contributed by atoms with Gasteiger partial charge in [-0.3, -0.25) is 0 Å². The zero-order chi connectivity index (χ0) is 20.0. The fourth-order valence-electron chi connectivity index (χ4n) is 3.32. The molecule has 146 valence electrons. The summed E-state index contributed by atoms with van der Waals surface area (Å²) in [5, 5.41) is 0.785. The number of ether oxygens (including phenoxy) is 2. The van der Waals surface area contributed by atoms with Crippen LogP contribution >= 0.6 is 11.6 Å². The van der Waals surface area contributed by atoms with E-state index in [-0.39, 0.29) is 5.41 Å². The maximum absolute atomic E-state index is 6.02. The maximum atomic E-state index is 6.02. The van der Waals surface area contributed by atoms with Crippen LogP contribution < -0.4 is 9.47 Å². The summed E-state index contributed by atoms with van der Waals surface area (Å²) in [5.74, 6) is 2.49. The molecule has 28 heavy (non-hydrogen) atoms. The first-order valence-electron chi connectivity index (χ1n) is 9.63. The third kappa shape index (κ3) is 5.53. The summed E-state index contributed by atoms with van der Waals surface area (Å²) >= 11 is 6.02. The van der Waals surface area contributed by atoms with Gasteiger partial charge in [0.25, 0.3) is 0 Å². The molecule has 0 aliphatic rings. The molecule has 0 aromatic heterocycles. The summed E-state index contributed by atoms with van der Waals surface area (Å²) in [6.45, 7) is 4.58. The lowest BCUT2D eigenvalue weighted by Crippen LogP contribution is -2.17. The Bertz CT molecular complexity index is 883. The van der Waals surface area contributed by atoms with Gasteiger partial charge in [-0.15, -0.1) is 0 Å². The molecule has 0 bridgehead atoms. The molecule has 3 heteroatoms. The number of rotatable bonds is 8. The number of benzene rings is 3. The second-order valence-corrected chi connectivity index (χ2v) is 8.11. The van der Waals surface area contributed by atoms with Gasteiger partial charge in [0.15, 0.2) is 0 Å². The summed E-state index contributed by atoms with van der Waals surface area (Å²) in [4.78, 5) is 0. The largest absolute Gasteiger partial charge is 0.497 e. The van der Waals surface area contributed by atoms with Crippen LogP contribution in [-0.2, 0) is 11.8 Å². The van der Waals surface area contributed by atoms with Gasteiger partial charge in [-0.05, 0) is 84.3 Å². The lowest BCUT2D eigenvalue weighted by atomic mass is 9.80. The van der Waals surface area contributed by atoms with E-state index in [1.165, 1.54) is 11.1 Å². The minimum absolute atomic E-state index is 0.127. The SMILES string of the molecule is COc1ccc(Oc2cccc(CCCC(C)(C)c3ccc(Cl)cc3)c2)cc1. The third-order valence-electron chi connectivity index (χ3n) is 5.09. The molecule has 3 rings (SSSR count). The molecule has 0 heterocycles. The minimum atomic E-state index is 0.127. The average molecular weight is 395 g/mol. The van der Waals surface area contributed by atoms with Gasteiger partial charge in [-0.2, -0.15) is 0 Å². The van der Waals surface area contributed by atoms with E-state index in [4.69, 9.17) is 21.1 Å². The summed E-state index contributed by atoms with van der Waals surface area (Å²) in [7, 11) is 1.66. The van der Waals surface area contributed by atoms with Gasteiger partial charge in [-0.25, -0.2) is 0 Å². The quantitative estimate of drug-likeness (QED) is 0.395. The zero-order valence-electron chi connectivity index (χ0n) is 16.7. The number of methoxy groups -OCH3 is 1. The molecule has 0 atom stereocenters. The van der Waals surface area contributed by atoms with E-state index in [9.17, 15) is 0 Å². The maximum Gasteiger partial charge on any atom is 0.127 e. The van der Waals surface area contributed by atoms with E-state index in [2.05, 4.69) is 44.2 Å². The Morgan fingerprint density at radius 1 is 0.821 bits per heavy atom. The lowest BCUT2D eigenvalue weighted by molar-refractivity contribution is 0.413. The molecule has 3 aromatic carbocycles. The molecular formula is C25H27ClO2. The van der Waals surface area contributed by atoms with Crippen LogP contribution in [-0.4, -0.2) is 7.11 Å². The Hall–Kier alpha value is -2.45. The van der Waals surface area contributed by atoms with Crippen LogP contribution in [0.3, 0.4) is 0 Å². The van der Waals surface area contributed by atoms with E-state index < -0.39 is 0 Å². The minimum Gasteiger partial charge on any atom is -0.497 e. The van der Waals surface area contributed by atoms with Crippen LogP contribution in [0, 0.1) is 0 Å². The summed E-state index contributed by atoms with van der Waals surface area (Å²) in [6, 6.07) is 24.2. The van der Waals surface area contributed by atoms with E-state index >= 15 is 0 Å². The molecule has 0 spiro atoms. The fourth-order valence-corrected chi connectivity index (χ4v) is 3.45. The highest BCUT2D eigenvalue weighted by atomic mass is 35.5. The molecule has 3 aromatic rings. The van der Waals surface area contributed by atoms with Crippen molar-refractivity contribution in [1.29, 1.82) is 0 Å². The molecule has 0 aliphatic heterocycles. The van der Waals surface area contributed by atoms with Gasteiger partial charge >= 0.3 is 0 Å². The second kappa shape index (κ2) is 9.16. The molecule has 0 radical (unpaired) electrons. The van der Waals surface area contributed by atoms with E-state index in [0.29, 0.717) is 0 Å². The lowest BCUT2D eigenvalue weighted by Gasteiger charge is -2.25. The van der Waals surface area contributed by atoms with Crippen LogP contribution in [0.25, 0.3) is 0 Å². The zero-order valence-corrected chi connectivity index (χ0v) is 17.5. The van der Waals surface area contributed by atoms with Crippen molar-refractivity contribution in [3.05, 3.63) is 88.9 Å². The van der Waals surface area contributed by atoms with Crippen LogP contribution in [0.5, 0.6) is 17.2 Å². The van der Waals surface area contributed by atoms with Gasteiger partial charge in [0, 0.05) is 5.02 Å². The van der Waals surface area contributed by atoms with Crippen LogP contribution in [0.15, 0.2) is 72.8 Å². The molecule has 0 fully saturated rings. The predicted octanol–water partition coefficient (Wildman–Crippen LogP) is 7.44. The number of hydrogen-bond donors (Lipinski definition) is 0. The smallest absolute Gasteiger partial charge is 0.127 e. The van der Waals surface area contributed by atoms with Crippen molar-refractivity contribution >= 4 is 11.6 Å². The highest BCUT2D eigenvalue weighted by molar-refractivity contribution is 6.30. The highest BCUT2D eigenvalue weighted by Crippen LogP contribution is 2.30. The van der Waals surface area contributed by atoms with E-state index in [1.807, 2.05) is 42.5 Å². The molecule has 0 unspecified atom stereocenters. The average Bonchev–Trinajstić information content (AvgIpc) is 2.69. The first-order valence-corrected chi connectivity index (χ1v) is 10.0. The summed E-state index contributed by atoms with van der Waals surface area (Å²) < 4.78 is 11.2. The van der Waals surface area contributed by atoms with E-state index in [0.717, 1.165) is 41.5 Å². The summed E-state index contributed by atoms with van der Waals surface area (Å²) in [5.41, 5.74) is 2.74. The monoisotopic (exact) mass is 394 g/mol. The molecule has 0 saturated carbocycles. The number of halogens is 1. The van der Waals surface area contributed by atoms with Crippen molar-refractivity contribution in [3.8, 4) is 17.2 Å². The molecule has 2 nitrogen and oxygen atoms in total. The topological polar surface area (TPSA) is 18.5 Å². The highest BCUT2D eigenvalue weighted by Gasteiger charge is 2.19.